The van der Waals surface area contributed by atoms with Gasteiger partial charge in [0.05, 0.1) is 16.2 Å². The smallest absolute Gasteiger partial charge is 0.344 e. The van der Waals surface area contributed by atoms with Crippen molar-refractivity contribution in [1.29, 1.82) is 0 Å². The molecule has 0 aliphatic carbocycles. The van der Waals surface area contributed by atoms with E-state index in [0.717, 1.165) is 5.39 Å². The van der Waals surface area contributed by atoms with E-state index < -0.39 is 10.9 Å². The van der Waals surface area contributed by atoms with E-state index in [2.05, 4.69) is 4.99 Å². The molecule has 0 atom stereocenters. The van der Waals surface area contributed by atoms with Crippen molar-refractivity contribution in [2.24, 2.45) is 4.99 Å². The largest absolute Gasteiger partial charge is 0.416 e. The fourth-order valence-electron chi connectivity index (χ4n) is 3.08. The summed E-state index contributed by atoms with van der Waals surface area (Å²) in [6.07, 6.45) is 1.49. The summed E-state index contributed by atoms with van der Waals surface area (Å²) in [5.74, 6) is -0.797. The number of esters is 1. The minimum Gasteiger partial charge on any atom is -0.416 e. The van der Waals surface area contributed by atoms with Gasteiger partial charge >= 0.3 is 11.7 Å². The second-order valence-corrected chi connectivity index (χ2v) is 7.07. The molecule has 0 saturated carbocycles. The fraction of sp³-hybridized carbons (Fsp3) is 0. The molecule has 0 radical (unpaired) electrons. The zero-order valence-corrected chi connectivity index (χ0v) is 16.8. The van der Waals surface area contributed by atoms with Crippen LogP contribution in [-0.2, 0) is 0 Å². The van der Waals surface area contributed by atoms with E-state index in [4.69, 9.17) is 16.3 Å². The Kier molecular flexibility index (Phi) is 5.73. The first-order valence-electron chi connectivity index (χ1n) is 9.29. The first-order chi connectivity index (χ1) is 15.0. The maximum Gasteiger partial charge on any atom is 0.344 e. The van der Waals surface area contributed by atoms with Crippen molar-refractivity contribution in [2.75, 3.05) is 0 Å². The number of nitrogens with zero attached hydrogens (tertiary/aromatic N) is 2. The number of hydrogen-bond acceptors (Lipinski definition) is 5. The molecule has 0 aliphatic heterocycles. The summed E-state index contributed by atoms with van der Waals surface area (Å²) in [6.45, 7) is 0. The Hall–Kier alpha value is -4.03. The summed E-state index contributed by atoms with van der Waals surface area (Å²) in [5, 5.41) is 13.7. The maximum atomic E-state index is 12.7. The van der Waals surface area contributed by atoms with Crippen LogP contribution in [0.3, 0.4) is 0 Å². The average Bonchev–Trinajstić information content (AvgIpc) is 2.78. The van der Waals surface area contributed by atoms with Gasteiger partial charge in [-0.1, -0.05) is 48.0 Å². The van der Waals surface area contributed by atoms with Gasteiger partial charge in [0.2, 0.25) is 5.75 Å². The minimum absolute atomic E-state index is 0.133. The van der Waals surface area contributed by atoms with Gasteiger partial charge in [0.25, 0.3) is 0 Å². The van der Waals surface area contributed by atoms with Gasteiger partial charge in [-0.3, -0.25) is 15.1 Å². The third-order valence-electron chi connectivity index (χ3n) is 4.58. The number of hydrogen-bond donors (Lipinski definition) is 0. The fourth-order valence-corrected chi connectivity index (χ4v) is 3.20. The number of nitro groups is 1. The Labute approximate surface area is 182 Å². The molecular formula is C24H15ClN2O4. The van der Waals surface area contributed by atoms with Gasteiger partial charge in [-0.15, -0.1) is 0 Å². The van der Waals surface area contributed by atoms with Gasteiger partial charge in [0.1, 0.15) is 0 Å². The van der Waals surface area contributed by atoms with Gasteiger partial charge in [-0.05, 0) is 58.8 Å². The number of carbonyl (C=O) groups excluding carboxylic acids is 1. The average molecular weight is 431 g/mol. The number of carbonyl (C=O) groups is 1. The summed E-state index contributed by atoms with van der Waals surface area (Å²) in [7, 11) is 0. The third-order valence-corrected chi connectivity index (χ3v) is 4.83. The van der Waals surface area contributed by atoms with E-state index >= 15 is 0 Å². The van der Waals surface area contributed by atoms with Gasteiger partial charge in [-0.25, -0.2) is 4.79 Å². The molecule has 0 heterocycles. The number of fused-ring (bicyclic) bond motifs is 1. The molecule has 0 spiro atoms. The van der Waals surface area contributed by atoms with Crippen LogP contribution >= 0.6 is 11.6 Å². The lowest BCUT2D eigenvalue weighted by Gasteiger charge is -2.08. The van der Waals surface area contributed by atoms with Crippen LogP contribution in [0.4, 0.5) is 11.4 Å². The lowest BCUT2D eigenvalue weighted by Crippen LogP contribution is -2.10. The van der Waals surface area contributed by atoms with Crippen molar-refractivity contribution in [2.45, 2.75) is 0 Å². The molecule has 7 heteroatoms. The summed E-state index contributed by atoms with van der Waals surface area (Å²) in [5.41, 5.74) is 1.15. The first-order valence-corrected chi connectivity index (χ1v) is 9.67. The maximum absolute atomic E-state index is 12.7. The highest BCUT2D eigenvalue weighted by Gasteiger charge is 2.20. The zero-order valence-electron chi connectivity index (χ0n) is 16.1. The summed E-state index contributed by atoms with van der Waals surface area (Å²) in [4.78, 5) is 28.0. The van der Waals surface area contributed by atoms with Crippen molar-refractivity contribution in [3.8, 4) is 5.75 Å². The van der Waals surface area contributed by atoms with Crippen molar-refractivity contribution < 1.29 is 14.5 Å². The second kappa shape index (κ2) is 8.77. The predicted molar refractivity (Wildman–Crippen MR) is 121 cm³/mol. The summed E-state index contributed by atoms with van der Waals surface area (Å²) in [6, 6.07) is 23.8. The molecule has 31 heavy (non-hydrogen) atoms. The standard InChI is InChI=1S/C24H15ClN2O4/c25-18-9-11-19(12-10-18)26-15-16-8-13-23(22(14-16)27(29)30)31-24(28)21-7-3-5-17-4-1-2-6-20(17)21/h1-15H. The third kappa shape index (κ3) is 4.60. The van der Waals surface area contributed by atoms with Crippen LogP contribution in [0, 0.1) is 10.1 Å². The van der Waals surface area contributed by atoms with E-state index in [0.29, 0.717) is 27.2 Å². The van der Waals surface area contributed by atoms with Crippen molar-refractivity contribution in [3.63, 3.8) is 0 Å². The molecule has 0 fully saturated rings. The van der Waals surface area contributed by atoms with Gasteiger partial charge in [0, 0.05) is 17.3 Å². The molecule has 152 valence electrons. The Bertz CT molecular complexity index is 1310. The molecule has 0 amide bonds. The van der Waals surface area contributed by atoms with E-state index in [-0.39, 0.29) is 11.4 Å². The molecule has 0 saturated heterocycles. The highest BCUT2D eigenvalue weighted by atomic mass is 35.5. The molecule has 6 nitrogen and oxygen atoms in total. The molecule has 4 aromatic carbocycles. The first kappa shape index (κ1) is 20.3. The van der Waals surface area contributed by atoms with Crippen LogP contribution in [0.2, 0.25) is 5.02 Å². The molecule has 0 aliphatic rings. The van der Waals surface area contributed by atoms with E-state index in [9.17, 15) is 14.9 Å². The lowest BCUT2D eigenvalue weighted by molar-refractivity contribution is -0.385. The van der Waals surface area contributed by atoms with Crippen molar-refractivity contribution >= 4 is 45.9 Å². The number of benzene rings is 4. The summed E-state index contributed by atoms with van der Waals surface area (Å²) < 4.78 is 5.39. The number of rotatable bonds is 5. The summed E-state index contributed by atoms with van der Waals surface area (Å²) >= 11 is 5.85. The van der Waals surface area contributed by atoms with Crippen LogP contribution in [-0.4, -0.2) is 17.1 Å². The Morgan fingerprint density at radius 3 is 2.48 bits per heavy atom. The van der Waals surface area contributed by atoms with Gasteiger partial charge < -0.3 is 4.74 Å². The molecule has 0 aromatic heterocycles. The Morgan fingerprint density at radius 2 is 1.71 bits per heavy atom. The van der Waals surface area contributed by atoms with Crippen LogP contribution in [0.25, 0.3) is 10.8 Å². The SMILES string of the molecule is O=C(Oc1ccc(C=Nc2ccc(Cl)cc2)cc1[N+](=O)[O-])c1cccc2ccccc12. The highest BCUT2D eigenvalue weighted by molar-refractivity contribution is 6.30. The predicted octanol–water partition coefficient (Wildman–Crippen LogP) is 6.37. The Balaban J connectivity index is 1.61. The molecular weight excluding hydrogens is 416 g/mol. The van der Waals surface area contributed by atoms with Crippen molar-refractivity contribution in [1.82, 2.24) is 0 Å². The van der Waals surface area contributed by atoms with E-state index in [1.165, 1.54) is 18.3 Å². The monoisotopic (exact) mass is 430 g/mol. The molecule has 0 bridgehead atoms. The second-order valence-electron chi connectivity index (χ2n) is 6.64. The van der Waals surface area contributed by atoms with Crippen LogP contribution < -0.4 is 4.74 Å². The topological polar surface area (TPSA) is 81.8 Å². The normalized spacial score (nSPS) is 11.0. The molecule has 4 aromatic rings. The minimum atomic E-state index is -0.664. The molecule has 4 rings (SSSR count). The Morgan fingerprint density at radius 1 is 0.968 bits per heavy atom. The van der Waals surface area contributed by atoms with Crippen molar-refractivity contribution in [3.05, 3.63) is 111 Å². The highest BCUT2D eigenvalue weighted by Crippen LogP contribution is 2.29. The number of halogens is 1. The molecule has 0 unspecified atom stereocenters. The quantitative estimate of drug-likeness (QED) is 0.121. The van der Waals surface area contributed by atoms with Crippen LogP contribution in [0.5, 0.6) is 5.75 Å². The van der Waals surface area contributed by atoms with Crippen LogP contribution in [0.1, 0.15) is 15.9 Å². The van der Waals surface area contributed by atoms with Gasteiger partial charge in [0.15, 0.2) is 0 Å². The zero-order chi connectivity index (χ0) is 21.8. The van der Waals surface area contributed by atoms with E-state index in [1.54, 1.807) is 48.5 Å². The van der Waals surface area contributed by atoms with Crippen LogP contribution in [0.15, 0.2) is 89.9 Å². The molecule has 0 N–H and O–H groups in total. The number of ether oxygens (including phenoxy) is 1. The number of nitro benzene ring substituents is 1. The van der Waals surface area contributed by atoms with Gasteiger partial charge in [-0.2, -0.15) is 0 Å². The lowest BCUT2D eigenvalue weighted by atomic mass is 10.0. The number of aliphatic imine (C=N–C) groups is 1. The van der Waals surface area contributed by atoms with E-state index in [1.807, 2.05) is 24.3 Å².